The summed E-state index contributed by atoms with van der Waals surface area (Å²) in [5.41, 5.74) is 0. The highest BCUT2D eigenvalue weighted by atomic mass is 14.9. The van der Waals surface area contributed by atoms with E-state index in [1.165, 1.54) is 19.4 Å². The fraction of sp³-hybridized carbons (Fsp3) is 0.636. The fourth-order valence-electron chi connectivity index (χ4n) is 1.99. The maximum absolute atomic E-state index is 3.80. The number of hydrogen-bond acceptors (Lipinski definition) is 1. The van der Waals surface area contributed by atoms with Crippen LogP contribution in [0.15, 0.2) is 25.3 Å². The number of rotatable bonds is 4. The third-order valence-electron chi connectivity index (χ3n) is 2.70. The van der Waals surface area contributed by atoms with Gasteiger partial charge in [0.05, 0.1) is 0 Å². The number of allylic oxidation sites excluding steroid dienone is 2. The summed E-state index contributed by atoms with van der Waals surface area (Å²) in [6, 6.07) is 0. The van der Waals surface area contributed by atoms with Gasteiger partial charge in [-0.25, -0.2) is 0 Å². The summed E-state index contributed by atoms with van der Waals surface area (Å²) in [7, 11) is 0. The Labute approximate surface area is 75.6 Å². The Hall–Kier alpha value is -0.560. The summed E-state index contributed by atoms with van der Waals surface area (Å²) in [6.45, 7) is 9.93. The molecule has 0 aromatic rings. The van der Waals surface area contributed by atoms with Gasteiger partial charge in [-0.05, 0) is 44.2 Å². The molecule has 0 spiro atoms. The van der Waals surface area contributed by atoms with Crippen molar-refractivity contribution in [1.29, 1.82) is 0 Å². The van der Waals surface area contributed by atoms with Crippen molar-refractivity contribution in [3.05, 3.63) is 25.3 Å². The number of piperidine rings is 1. The Morgan fingerprint density at radius 2 is 1.83 bits per heavy atom. The smallest absolute Gasteiger partial charge is 0.00148 e. The van der Waals surface area contributed by atoms with Crippen LogP contribution in [-0.4, -0.2) is 13.1 Å². The molecule has 12 heavy (non-hydrogen) atoms. The second-order valence-corrected chi connectivity index (χ2v) is 3.56. The van der Waals surface area contributed by atoms with E-state index in [0.717, 1.165) is 24.8 Å². The summed E-state index contributed by atoms with van der Waals surface area (Å²) >= 11 is 0. The SMILES string of the molecule is C=CCC1CCNCC1CC=C. The van der Waals surface area contributed by atoms with Crippen LogP contribution in [0.4, 0.5) is 0 Å². The van der Waals surface area contributed by atoms with Gasteiger partial charge in [-0.1, -0.05) is 12.2 Å². The first kappa shape index (κ1) is 9.53. The van der Waals surface area contributed by atoms with Crippen LogP contribution in [0.1, 0.15) is 19.3 Å². The molecule has 2 atom stereocenters. The predicted octanol–water partition coefficient (Wildman–Crippen LogP) is 2.36. The Balaban J connectivity index is 2.41. The molecule has 0 amide bonds. The fourth-order valence-corrected chi connectivity index (χ4v) is 1.99. The van der Waals surface area contributed by atoms with Crippen LogP contribution in [0.2, 0.25) is 0 Å². The Bertz CT molecular complexity index is 133. The summed E-state index contributed by atoms with van der Waals surface area (Å²) in [5.74, 6) is 1.62. The van der Waals surface area contributed by atoms with Crippen LogP contribution < -0.4 is 5.32 Å². The Kier molecular flexibility index (Phi) is 4.09. The zero-order chi connectivity index (χ0) is 8.81. The van der Waals surface area contributed by atoms with Gasteiger partial charge in [0.1, 0.15) is 0 Å². The third-order valence-corrected chi connectivity index (χ3v) is 2.70. The molecule has 0 bridgehead atoms. The van der Waals surface area contributed by atoms with E-state index in [-0.39, 0.29) is 0 Å². The lowest BCUT2D eigenvalue weighted by Gasteiger charge is -2.30. The van der Waals surface area contributed by atoms with Gasteiger partial charge in [0, 0.05) is 0 Å². The zero-order valence-corrected chi connectivity index (χ0v) is 7.76. The summed E-state index contributed by atoms with van der Waals surface area (Å²) in [6.07, 6.45) is 7.69. The first-order chi connectivity index (χ1) is 5.88. The van der Waals surface area contributed by atoms with Crippen LogP contribution in [0.5, 0.6) is 0 Å². The Morgan fingerprint density at radius 1 is 1.17 bits per heavy atom. The number of nitrogens with one attached hydrogen (secondary N) is 1. The minimum Gasteiger partial charge on any atom is -0.316 e. The van der Waals surface area contributed by atoms with E-state index in [2.05, 4.69) is 18.5 Å². The summed E-state index contributed by atoms with van der Waals surface area (Å²) in [4.78, 5) is 0. The van der Waals surface area contributed by atoms with Crippen molar-refractivity contribution in [2.24, 2.45) is 11.8 Å². The van der Waals surface area contributed by atoms with Crippen molar-refractivity contribution < 1.29 is 0 Å². The molecular weight excluding hydrogens is 146 g/mol. The van der Waals surface area contributed by atoms with Crippen LogP contribution in [-0.2, 0) is 0 Å². The molecule has 1 nitrogen and oxygen atoms in total. The van der Waals surface area contributed by atoms with Gasteiger partial charge in [-0.15, -0.1) is 13.2 Å². The lowest BCUT2D eigenvalue weighted by atomic mass is 9.82. The third kappa shape index (κ3) is 2.49. The highest BCUT2D eigenvalue weighted by molar-refractivity contribution is 4.86. The molecule has 1 saturated heterocycles. The Morgan fingerprint density at radius 3 is 2.50 bits per heavy atom. The van der Waals surface area contributed by atoms with Crippen LogP contribution in [0.25, 0.3) is 0 Å². The molecule has 0 saturated carbocycles. The second-order valence-electron chi connectivity index (χ2n) is 3.56. The van der Waals surface area contributed by atoms with E-state index in [9.17, 15) is 0 Å². The molecule has 1 fully saturated rings. The second kappa shape index (κ2) is 5.15. The lowest BCUT2D eigenvalue weighted by Crippen LogP contribution is -2.36. The minimum absolute atomic E-state index is 0.786. The lowest BCUT2D eigenvalue weighted by molar-refractivity contribution is 0.258. The van der Waals surface area contributed by atoms with Gasteiger partial charge in [-0.3, -0.25) is 0 Å². The zero-order valence-electron chi connectivity index (χ0n) is 7.76. The molecule has 0 aromatic heterocycles. The number of hydrogen-bond donors (Lipinski definition) is 1. The maximum Gasteiger partial charge on any atom is -0.00148 e. The first-order valence-electron chi connectivity index (χ1n) is 4.81. The van der Waals surface area contributed by atoms with Crippen molar-refractivity contribution in [3.63, 3.8) is 0 Å². The van der Waals surface area contributed by atoms with Crippen molar-refractivity contribution in [1.82, 2.24) is 5.32 Å². The molecule has 1 heterocycles. The van der Waals surface area contributed by atoms with Gasteiger partial charge in [0.2, 0.25) is 0 Å². The monoisotopic (exact) mass is 165 g/mol. The van der Waals surface area contributed by atoms with Crippen molar-refractivity contribution >= 4 is 0 Å². The summed E-state index contributed by atoms with van der Waals surface area (Å²) < 4.78 is 0. The molecule has 0 aromatic carbocycles. The van der Waals surface area contributed by atoms with E-state index in [1.807, 2.05) is 12.2 Å². The maximum atomic E-state index is 3.80. The molecule has 1 aliphatic rings. The topological polar surface area (TPSA) is 12.0 Å². The molecule has 1 rings (SSSR count). The standard InChI is InChI=1S/C11H19N/c1-3-5-10-7-8-12-9-11(10)6-4-2/h3-4,10-12H,1-2,5-9H2. The molecular formula is C11H19N. The van der Waals surface area contributed by atoms with Crippen molar-refractivity contribution in [2.75, 3.05) is 13.1 Å². The van der Waals surface area contributed by atoms with Gasteiger partial charge in [-0.2, -0.15) is 0 Å². The highest BCUT2D eigenvalue weighted by Gasteiger charge is 2.22. The van der Waals surface area contributed by atoms with Crippen LogP contribution in [0.3, 0.4) is 0 Å². The predicted molar refractivity (Wildman–Crippen MR) is 54.1 cm³/mol. The molecule has 2 unspecified atom stereocenters. The van der Waals surface area contributed by atoms with Crippen molar-refractivity contribution in [2.45, 2.75) is 19.3 Å². The first-order valence-corrected chi connectivity index (χ1v) is 4.81. The van der Waals surface area contributed by atoms with E-state index in [1.54, 1.807) is 0 Å². The van der Waals surface area contributed by atoms with Crippen LogP contribution >= 0.6 is 0 Å². The van der Waals surface area contributed by atoms with Gasteiger partial charge >= 0.3 is 0 Å². The van der Waals surface area contributed by atoms with E-state index in [4.69, 9.17) is 0 Å². The molecule has 0 radical (unpaired) electrons. The largest absolute Gasteiger partial charge is 0.316 e. The van der Waals surface area contributed by atoms with E-state index < -0.39 is 0 Å². The molecule has 1 heteroatoms. The molecule has 1 N–H and O–H groups in total. The van der Waals surface area contributed by atoms with Gasteiger partial charge in [0.15, 0.2) is 0 Å². The highest BCUT2D eigenvalue weighted by Crippen LogP contribution is 2.25. The quantitative estimate of drug-likeness (QED) is 0.631. The molecule has 0 aliphatic carbocycles. The van der Waals surface area contributed by atoms with Gasteiger partial charge in [0.25, 0.3) is 0 Å². The minimum atomic E-state index is 0.786. The summed E-state index contributed by atoms with van der Waals surface area (Å²) in [5, 5.41) is 3.43. The van der Waals surface area contributed by atoms with E-state index >= 15 is 0 Å². The average Bonchev–Trinajstić information content (AvgIpc) is 2.09. The normalized spacial score (nSPS) is 29.7. The van der Waals surface area contributed by atoms with Crippen LogP contribution in [0, 0.1) is 11.8 Å². The molecule has 1 aliphatic heterocycles. The molecule has 68 valence electrons. The van der Waals surface area contributed by atoms with E-state index in [0.29, 0.717) is 0 Å². The van der Waals surface area contributed by atoms with Gasteiger partial charge < -0.3 is 5.32 Å². The van der Waals surface area contributed by atoms with Crippen molar-refractivity contribution in [3.8, 4) is 0 Å². The average molecular weight is 165 g/mol.